The predicted molar refractivity (Wildman–Crippen MR) is 93.6 cm³/mol. The number of nitro groups is 1. The quantitative estimate of drug-likeness (QED) is 0.653. The molecule has 1 aliphatic rings. The van der Waals surface area contributed by atoms with Gasteiger partial charge in [0.2, 0.25) is 11.8 Å². The predicted octanol–water partition coefficient (Wildman–Crippen LogP) is 3.38. The number of carbonyl (C=O) groups excluding carboxylic acids is 2. The summed E-state index contributed by atoms with van der Waals surface area (Å²) in [6, 6.07) is 9.14. The lowest BCUT2D eigenvalue weighted by Crippen LogP contribution is -2.28. The van der Waals surface area contributed by atoms with Gasteiger partial charge in [-0.05, 0) is 30.3 Å². The Morgan fingerprint density at radius 1 is 1.27 bits per heavy atom. The first kappa shape index (κ1) is 17.8. The molecule has 0 spiro atoms. The van der Waals surface area contributed by atoms with Gasteiger partial charge in [0.05, 0.1) is 21.6 Å². The van der Waals surface area contributed by atoms with Crippen molar-refractivity contribution in [1.82, 2.24) is 0 Å². The molecular weight excluding hydrogens is 365 g/mol. The molecule has 9 heteroatoms. The van der Waals surface area contributed by atoms with Crippen molar-refractivity contribution in [2.75, 3.05) is 16.8 Å². The molecule has 2 aromatic carbocycles. The van der Waals surface area contributed by atoms with Gasteiger partial charge in [0.25, 0.3) is 5.69 Å². The van der Waals surface area contributed by atoms with Gasteiger partial charge in [-0.25, -0.2) is 4.39 Å². The molecule has 7 nitrogen and oxygen atoms in total. The molecule has 134 valence electrons. The second kappa shape index (κ2) is 7.09. The molecule has 1 aliphatic heterocycles. The van der Waals surface area contributed by atoms with Gasteiger partial charge in [-0.15, -0.1) is 0 Å². The maximum absolute atomic E-state index is 13.0. The number of hydrogen-bond acceptors (Lipinski definition) is 4. The fourth-order valence-corrected chi connectivity index (χ4v) is 2.93. The van der Waals surface area contributed by atoms with Crippen LogP contribution < -0.4 is 10.2 Å². The van der Waals surface area contributed by atoms with Crippen molar-refractivity contribution in [1.29, 1.82) is 0 Å². The molecule has 1 heterocycles. The number of nitrogens with zero attached hydrogens (tertiary/aromatic N) is 2. The number of carbonyl (C=O) groups is 2. The number of amides is 2. The third-order valence-corrected chi connectivity index (χ3v) is 4.37. The third kappa shape index (κ3) is 3.65. The number of anilines is 2. The molecule has 1 atom stereocenters. The zero-order valence-corrected chi connectivity index (χ0v) is 14.1. The van der Waals surface area contributed by atoms with Crippen LogP contribution in [0.4, 0.5) is 21.5 Å². The van der Waals surface area contributed by atoms with Crippen LogP contribution in [0.2, 0.25) is 5.02 Å². The summed E-state index contributed by atoms with van der Waals surface area (Å²) in [6.45, 7) is 0.154. The summed E-state index contributed by atoms with van der Waals surface area (Å²) < 4.78 is 13.0. The molecule has 1 saturated heterocycles. The van der Waals surface area contributed by atoms with E-state index in [1.165, 1.54) is 41.3 Å². The molecule has 2 amide bonds. The van der Waals surface area contributed by atoms with E-state index in [0.29, 0.717) is 5.69 Å². The lowest BCUT2D eigenvalue weighted by atomic mass is 10.1. The molecule has 26 heavy (non-hydrogen) atoms. The average molecular weight is 378 g/mol. The Kier molecular flexibility index (Phi) is 4.85. The van der Waals surface area contributed by atoms with Crippen molar-refractivity contribution >= 4 is 40.5 Å². The van der Waals surface area contributed by atoms with Crippen LogP contribution in [0.5, 0.6) is 0 Å². The molecule has 1 unspecified atom stereocenters. The number of hydrogen-bond donors (Lipinski definition) is 1. The Bertz CT molecular complexity index is 888. The van der Waals surface area contributed by atoms with Gasteiger partial charge < -0.3 is 10.2 Å². The Balaban J connectivity index is 1.70. The summed E-state index contributed by atoms with van der Waals surface area (Å²) in [5.41, 5.74) is 0.557. The molecule has 1 N–H and O–H groups in total. The molecule has 3 rings (SSSR count). The maximum Gasteiger partial charge on any atom is 0.271 e. The number of benzene rings is 2. The van der Waals surface area contributed by atoms with E-state index < -0.39 is 22.6 Å². The van der Waals surface area contributed by atoms with Gasteiger partial charge in [0.15, 0.2) is 0 Å². The van der Waals surface area contributed by atoms with E-state index in [1.807, 2.05) is 0 Å². The minimum atomic E-state index is -0.612. The summed E-state index contributed by atoms with van der Waals surface area (Å²) in [6.07, 6.45) is 0.00775. The first-order chi connectivity index (χ1) is 12.3. The van der Waals surface area contributed by atoms with Crippen molar-refractivity contribution in [2.24, 2.45) is 5.92 Å². The highest BCUT2D eigenvalue weighted by atomic mass is 35.5. The molecule has 0 radical (unpaired) electrons. The van der Waals surface area contributed by atoms with E-state index in [0.717, 1.165) is 6.07 Å². The average Bonchev–Trinajstić information content (AvgIpc) is 2.99. The van der Waals surface area contributed by atoms with Crippen LogP contribution >= 0.6 is 11.6 Å². The fourth-order valence-electron chi connectivity index (χ4n) is 2.71. The van der Waals surface area contributed by atoms with E-state index in [1.54, 1.807) is 0 Å². The molecule has 2 aromatic rings. The maximum atomic E-state index is 13.0. The topological polar surface area (TPSA) is 92.5 Å². The minimum Gasteiger partial charge on any atom is -0.324 e. The summed E-state index contributed by atoms with van der Waals surface area (Å²) in [5, 5.41) is 13.3. The third-order valence-electron chi connectivity index (χ3n) is 4.06. The lowest BCUT2D eigenvalue weighted by molar-refractivity contribution is -0.384. The minimum absolute atomic E-state index is 0.00775. The molecule has 1 fully saturated rings. The van der Waals surface area contributed by atoms with E-state index in [4.69, 9.17) is 11.6 Å². The second-order valence-corrected chi connectivity index (χ2v) is 6.20. The van der Waals surface area contributed by atoms with Crippen molar-refractivity contribution < 1.29 is 18.9 Å². The van der Waals surface area contributed by atoms with Crippen molar-refractivity contribution in [3.05, 3.63) is 63.4 Å². The summed E-state index contributed by atoms with van der Waals surface area (Å²) in [5.74, 6) is -1.69. The fraction of sp³-hybridized carbons (Fsp3) is 0.176. The van der Waals surface area contributed by atoms with Crippen LogP contribution in [0, 0.1) is 21.8 Å². The molecule has 0 saturated carbocycles. The van der Waals surface area contributed by atoms with Crippen LogP contribution in [0.3, 0.4) is 0 Å². The summed E-state index contributed by atoms with van der Waals surface area (Å²) in [4.78, 5) is 36.1. The van der Waals surface area contributed by atoms with Crippen molar-refractivity contribution in [2.45, 2.75) is 6.42 Å². The Labute approximate surface area is 152 Å². The van der Waals surface area contributed by atoms with Gasteiger partial charge >= 0.3 is 0 Å². The van der Waals surface area contributed by atoms with Gasteiger partial charge in [0, 0.05) is 30.8 Å². The molecule has 0 aromatic heterocycles. The Hall–Kier alpha value is -3.00. The Morgan fingerprint density at radius 2 is 1.96 bits per heavy atom. The van der Waals surface area contributed by atoms with Crippen LogP contribution in [0.25, 0.3) is 0 Å². The van der Waals surface area contributed by atoms with Gasteiger partial charge in [-0.2, -0.15) is 0 Å². The summed E-state index contributed by atoms with van der Waals surface area (Å²) >= 11 is 5.96. The van der Waals surface area contributed by atoms with Crippen LogP contribution in [0.1, 0.15) is 6.42 Å². The molecule has 0 bridgehead atoms. The smallest absolute Gasteiger partial charge is 0.271 e. The lowest BCUT2D eigenvalue weighted by Gasteiger charge is -2.16. The summed E-state index contributed by atoms with van der Waals surface area (Å²) in [7, 11) is 0. The van der Waals surface area contributed by atoms with E-state index in [2.05, 4.69) is 5.32 Å². The van der Waals surface area contributed by atoms with Crippen molar-refractivity contribution in [3.8, 4) is 0 Å². The SMILES string of the molecule is O=C(Nc1ccc([N+](=O)[O-])cc1Cl)C1CC(=O)N(c2ccc(F)cc2)C1. The van der Waals surface area contributed by atoms with Crippen LogP contribution in [0.15, 0.2) is 42.5 Å². The first-order valence-corrected chi connectivity index (χ1v) is 8.03. The highest BCUT2D eigenvalue weighted by molar-refractivity contribution is 6.34. The highest BCUT2D eigenvalue weighted by Gasteiger charge is 2.35. The highest BCUT2D eigenvalue weighted by Crippen LogP contribution is 2.29. The second-order valence-electron chi connectivity index (χ2n) is 5.79. The van der Waals surface area contributed by atoms with E-state index in [-0.39, 0.29) is 35.3 Å². The number of nitrogens with one attached hydrogen (secondary N) is 1. The molecular formula is C17H13ClFN3O4. The normalized spacial score (nSPS) is 16.6. The van der Waals surface area contributed by atoms with Crippen LogP contribution in [-0.4, -0.2) is 23.3 Å². The number of non-ortho nitro benzene ring substituents is 1. The Morgan fingerprint density at radius 3 is 2.58 bits per heavy atom. The number of halogens is 2. The molecule has 0 aliphatic carbocycles. The van der Waals surface area contributed by atoms with Gasteiger partial charge in [-0.1, -0.05) is 11.6 Å². The number of nitro benzene ring substituents is 1. The van der Waals surface area contributed by atoms with Gasteiger partial charge in [0.1, 0.15) is 5.82 Å². The monoisotopic (exact) mass is 377 g/mol. The van der Waals surface area contributed by atoms with E-state index >= 15 is 0 Å². The largest absolute Gasteiger partial charge is 0.324 e. The van der Waals surface area contributed by atoms with Crippen molar-refractivity contribution in [3.63, 3.8) is 0 Å². The van der Waals surface area contributed by atoms with E-state index in [9.17, 15) is 24.1 Å². The van der Waals surface area contributed by atoms with Gasteiger partial charge in [-0.3, -0.25) is 19.7 Å². The number of rotatable bonds is 4. The first-order valence-electron chi connectivity index (χ1n) is 7.66. The zero-order valence-electron chi connectivity index (χ0n) is 13.3. The standard InChI is InChI=1S/C17H13ClFN3O4/c18-14-8-13(22(25)26)5-6-15(14)20-17(24)10-7-16(23)21(9-10)12-3-1-11(19)2-4-12/h1-6,8,10H,7,9H2,(H,20,24). The zero-order chi connectivity index (χ0) is 18.8. The van der Waals surface area contributed by atoms with Crippen LogP contribution in [-0.2, 0) is 9.59 Å².